The van der Waals surface area contributed by atoms with Crippen molar-refractivity contribution in [2.75, 3.05) is 6.61 Å². The van der Waals surface area contributed by atoms with Crippen LogP contribution in [-0.2, 0) is 4.74 Å². The van der Waals surface area contributed by atoms with Gasteiger partial charge < -0.3 is 4.74 Å². The number of hydrogen-bond donors (Lipinski definition) is 0. The molecular formula is C14H17BrCl2O. The maximum Gasteiger partial charge on any atom is 0.0575 e. The van der Waals surface area contributed by atoms with Crippen molar-refractivity contribution in [2.24, 2.45) is 0 Å². The monoisotopic (exact) mass is 350 g/mol. The van der Waals surface area contributed by atoms with Crippen molar-refractivity contribution in [3.63, 3.8) is 0 Å². The van der Waals surface area contributed by atoms with Gasteiger partial charge in [-0.2, -0.15) is 0 Å². The number of rotatable bonds is 4. The lowest BCUT2D eigenvalue weighted by Gasteiger charge is -2.23. The summed E-state index contributed by atoms with van der Waals surface area (Å²) < 4.78 is 5.74. The third-order valence-electron chi connectivity index (χ3n) is 3.31. The molecule has 0 aromatic heterocycles. The normalized spacial score (nSPS) is 21.8. The fourth-order valence-corrected chi connectivity index (χ4v) is 3.48. The highest BCUT2D eigenvalue weighted by molar-refractivity contribution is 9.09. The number of ether oxygens (including phenoxy) is 1. The van der Waals surface area contributed by atoms with Gasteiger partial charge in [-0.1, -0.05) is 39.1 Å². The minimum Gasteiger partial charge on any atom is -0.378 e. The molecule has 18 heavy (non-hydrogen) atoms. The summed E-state index contributed by atoms with van der Waals surface area (Å²) in [5, 5.41) is 1.50. The van der Waals surface area contributed by atoms with Crippen molar-refractivity contribution in [1.82, 2.24) is 0 Å². The van der Waals surface area contributed by atoms with E-state index in [-0.39, 0.29) is 4.83 Å². The highest BCUT2D eigenvalue weighted by Crippen LogP contribution is 2.35. The average molecular weight is 352 g/mol. The lowest BCUT2D eigenvalue weighted by Crippen LogP contribution is -2.19. The van der Waals surface area contributed by atoms with Crippen molar-refractivity contribution in [2.45, 2.75) is 43.0 Å². The van der Waals surface area contributed by atoms with E-state index in [1.165, 1.54) is 19.3 Å². The summed E-state index contributed by atoms with van der Waals surface area (Å²) in [5.74, 6) is 0. The zero-order valence-electron chi connectivity index (χ0n) is 10.2. The van der Waals surface area contributed by atoms with E-state index in [2.05, 4.69) is 15.9 Å². The summed E-state index contributed by atoms with van der Waals surface area (Å²) in [6.07, 6.45) is 6.17. The number of alkyl halides is 1. The zero-order valence-corrected chi connectivity index (χ0v) is 13.3. The van der Waals surface area contributed by atoms with Gasteiger partial charge in [0.15, 0.2) is 0 Å². The van der Waals surface area contributed by atoms with Gasteiger partial charge in [0.1, 0.15) is 0 Å². The van der Waals surface area contributed by atoms with E-state index >= 15 is 0 Å². The van der Waals surface area contributed by atoms with E-state index in [4.69, 9.17) is 27.9 Å². The molecule has 0 aliphatic carbocycles. The first-order chi connectivity index (χ1) is 8.66. The number of benzene rings is 1. The molecule has 2 unspecified atom stereocenters. The molecule has 1 nitrogen and oxygen atoms in total. The van der Waals surface area contributed by atoms with Crippen LogP contribution >= 0.6 is 39.1 Å². The van der Waals surface area contributed by atoms with E-state index in [1.807, 2.05) is 18.2 Å². The Bertz CT molecular complexity index is 391. The SMILES string of the molecule is Clc1ccc(Cl)c(C(Br)CCC2CCCCO2)c1. The van der Waals surface area contributed by atoms with E-state index in [9.17, 15) is 0 Å². The molecule has 1 heterocycles. The van der Waals surface area contributed by atoms with Crippen LogP contribution in [-0.4, -0.2) is 12.7 Å². The molecule has 2 atom stereocenters. The maximum atomic E-state index is 6.19. The van der Waals surface area contributed by atoms with E-state index in [0.29, 0.717) is 6.10 Å². The second kappa shape index (κ2) is 7.14. The van der Waals surface area contributed by atoms with Gasteiger partial charge in [-0.25, -0.2) is 0 Å². The second-order valence-electron chi connectivity index (χ2n) is 4.70. The van der Waals surface area contributed by atoms with E-state index in [1.54, 1.807) is 0 Å². The Hall–Kier alpha value is 0.240. The Morgan fingerprint density at radius 1 is 1.33 bits per heavy atom. The molecule has 0 saturated carbocycles. The molecule has 4 heteroatoms. The smallest absolute Gasteiger partial charge is 0.0575 e. The molecular weight excluding hydrogens is 335 g/mol. The Morgan fingerprint density at radius 2 is 2.17 bits per heavy atom. The van der Waals surface area contributed by atoms with Crippen molar-refractivity contribution < 1.29 is 4.74 Å². The van der Waals surface area contributed by atoms with Crippen molar-refractivity contribution >= 4 is 39.1 Å². The fraction of sp³-hybridized carbons (Fsp3) is 0.571. The van der Waals surface area contributed by atoms with Crippen LogP contribution in [0, 0.1) is 0 Å². The van der Waals surface area contributed by atoms with Crippen molar-refractivity contribution in [3.05, 3.63) is 33.8 Å². The van der Waals surface area contributed by atoms with Crippen LogP contribution in [0.2, 0.25) is 10.0 Å². The van der Waals surface area contributed by atoms with Gasteiger partial charge in [0, 0.05) is 21.5 Å². The molecule has 1 aliphatic rings. The molecule has 100 valence electrons. The Balaban J connectivity index is 1.90. The highest BCUT2D eigenvalue weighted by atomic mass is 79.9. The Morgan fingerprint density at radius 3 is 2.89 bits per heavy atom. The lowest BCUT2D eigenvalue weighted by molar-refractivity contribution is 0.0102. The highest BCUT2D eigenvalue weighted by Gasteiger charge is 2.17. The first-order valence-corrected chi connectivity index (χ1v) is 8.04. The van der Waals surface area contributed by atoms with Crippen LogP contribution in [0.25, 0.3) is 0 Å². The van der Waals surface area contributed by atoms with Crippen LogP contribution in [0.15, 0.2) is 18.2 Å². The Labute approximate surface area is 127 Å². The first kappa shape index (κ1) is 14.6. The second-order valence-corrected chi connectivity index (χ2v) is 6.65. The summed E-state index contributed by atoms with van der Waals surface area (Å²) in [4.78, 5) is 0.245. The molecule has 1 aromatic rings. The quantitative estimate of drug-likeness (QED) is 0.625. The van der Waals surface area contributed by atoms with Gasteiger partial charge in [0.2, 0.25) is 0 Å². The van der Waals surface area contributed by atoms with Gasteiger partial charge in [-0.3, -0.25) is 0 Å². The van der Waals surface area contributed by atoms with E-state index < -0.39 is 0 Å². The Kier molecular flexibility index (Phi) is 5.81. The molecule has 0 amide bonds. The number of halogens is 3. The topological polar surface area (TPSA) is 9.23 Å². The van der Waals surface area contributed by atoms with Crippen LogP contribution in [0.3, 0.4) is 0 Å². The van der Waals surface area contributed by atoms with Crippen molar-refractivity contribution in [3.8, 4) is 0 Å². The summed E-state index contributed by atoms with van der Waals surface area (Å²) in [6.45, 7) is 0.912. The van der Waals surface area contributed by atoms with Gasteiger partial charge >= 0.3 is 0 Å². The molecule has 1 fully saturated rings. The minimum absolute atomic E-state index is 0.245. The van der Waals surface area contributed by atoms with Gasteiger partial charge in [0.05, 0.1) is 6.10 Å². The predicted molar refractivity (Wildman–Crippen MR) is 81.0 cm³/mol. The molecule has 1 aliphatic heterocycles. The minimum atomic E-state index is 0.245. The molecule has 0 spiro atoms. The lowest BCUT2D eigenvalue weighted by atomic mass is 10.0. The molecule has 1 saturated heterocycles. The summed E-state index contributed by atoms with van der Waals surface area (Å²) in [5.41, 5.74) is 1.07. The van der Waals surface area contributed by atoms with Crippen LogP contribution in [0.4, 0.5) is 0 Å². The third-order valence-corrected chi connectivity index (χ3v) is 4.84. The summed E-state index contributed by atoms with van der Waals surface area (Å²) in [6, 6.07) is 5.60. The summed E-state index contributed by atoms with van der Waals surface area (Å²) in [7, 11) is 0. The maximum absolute atomic E-state index is 6.19. The standard InChI is InChI=1S/C14H17BrCl2O/c15-13(6-5-11-3-1-2-8-18-11)12-9-10(16)4-7-14(12)17/h4,7,9,11,13H,1-3,5-6,8H2. The van der Waals surface area contributed by atoms with Gasteiger partial charge in [-0.15, -0.1) is 0 Å². The molecule has 2 rings (SSSR count). The average Bonchev–Trinajstić information content (AvgIpc) is 2.40. The fourth-order valence-electron chi connectivity index (χ4n) is 2.28. The van der Waals surface area contributed by atoms with E-state index in [0.717, 1.165) is 35.1 Å². The molecule has 0 N–H and O–H groups in total. The molecule has 0 radical (unpaired) electrons. The van der Waals surface area contributed by atoms with Gasteiger partial charge in [-0.05, 0) is 55.9 Å². The largest absolute Gasteiger partial charge is 0.378 e. The van der Waals surface area contributed by atoms with Gasteiger partial charge in [0.25, 0.3) is 0 Å². The van der Waals surface area contributed by atoms with Crippen LogP contribution in [0.1, 0.15) is 42.5 Å². The molecule has 1 aromatic carbocycles. The van der Waals surface area contributed by atoms with Crippen molar-refractivity contribution in [1.29, 1.82) is 0 Å². The number of hydrogen-bond acceptors (Lipinski definition) is 1. The zero-order chi connectivity index (χ0) is 13.0. The van der Waals surface area contributed by atoms with Crippen LogP contribution in [0.5, 0.6) is 0 Å². The third kappa shape index (κ3) is 4.12. The summed E-state index contributed by atoms with van der Waals surface area (Å²) >= 11 is 15.9. The van der Waals surface area contributed by atoms with Crippen LogP contribution < -0.4 is 0 Å². The molecule has 0 bridgehead atoms. The predicted octanol–water partition coefficient (Wildman–Crippen LogP) is 5.78. The first-order valence-electron chi connectivity index (χ1n) is 6.37.